The number of benzene rings is 1. The number of amides is 1. The summed E-state index contributed by atoms with van der Waals surface area (Å²) in [5.74, 6) is 0.0680. The first-order valence-electron chi connectivity index (χ1n) is 10.4. The van der Waals surface area contributed by atoms with Crippen molar-refractivity contribution in [2.75, 3.05) is 43.0 Å². The summed E-state index contributed by atoms with van der Waals surface area (Å²) in [6, 6.07) is 12.5. The Kier molecular flexibility index (Phi) is 6.62. The van der Waals surface area contributed by atoms with Gasteiger partial charge in [-0.05, 0) is 61.4 Å². The fraction of sp³-hybridized carbons (Fsp3) is 0.500. The molecule has 2 atom stereocenters. The van der Waals surface area contributed by atoms with Crippen molar-refractivity contribution in [2.24, 2.45) is 0 Å². The van der Waals surface area contributed by atoms with Crippen molar-refractivity contribution in [1.29, 1.82) is 0 Å². The second-order valence-electron chi connectivity index (χ2n) is 7.81. The third kappa shape index (κ3) is 5.34. The van der Waals surface area contributed by atoms with Gasteiger partial charge in [0, 0.05) is 31.1 Å². The van der Waals surface area contributed by atoms with Gasteiger partial charge in [0.25, 0.3) is 5.91 Å². The summed E-state index contributed by atoms with van der Waals surface area (Å²) in [5, 5.41) is 5.18. The molecule has 0 radical (unpaired) electrons. The van der Waals surface area contributed by atoms with Gasteiger partial charge in [-0.1, -0.05) is 6.07 Å². The zero-order valence-electron chi connectivity index (χ0n) is 16.4. The fourth-order valence-corrected chi connectivity index (χ4v) is 4.93. The zero-order chi connectivity index (χ0) is 19.2. The smallest absolute Gasteiger partial charge is 0.279 e. The van der Waals surface area contributed by atoms with Crippen LogP contribution in [0, 0.1) is 0 Å². The van der Waals surface area contributed by atoms with E-state index in [2.05, 4.69) is 39.9 Å². The molecule has 0 aliphatic carbocycles. The minimum atomic E-state index is 0.0680. The molecule has 4 rings (SSSR count). The summed E-state index contributed by atoms with van der Waals surface area (Å²) in [7, 11) is 0. The Morgan fingerprint density at radius 1 is 1.18 bits per heavy atom. The molecule has 2 aromatic rings. The van der Waals surface area contributed by atoms with Gasteiger partial charge in [-0.15, -0.1) is 11.3 Å². The first kappa shape index (κ1) is 19.4. The number of anilines is 2. The minimum Gasteiger partial charge on any atom is -0.372 e. The molecular formula is C22H30N3O2S+. The Labute approximate surface area is 171 Å². The van der Waals surface area contributed by atoms with E-state index in [0.29, 0.717) is 6.54 Å². The van der Waals surface area contributed by atoms with Crippen LogP contribution in [-0.2, 0) is 16.1 Å². The molecule has 2 N–H and O–H groups in total. The van der Waals surface area contributed by atoms with Gasteiger partial charge in [0.15, 0.2) is 6.54 Å². The second kappa shape index (κ2) is 9.54. The minimum absolute atomic E-state index is 0.0680. The molecule has 1 aromatic heterocycles. The van der Waals surface area contributed by atoms with Crippen LogP contribution in [0.2, 0.25) is 0 Å². The third-order valence-corrected chi connectivity index (χ3v) is 6.45. The van der Waals surface area contributed by atoms with Crippen molar-refractivity contribution in [1.82, 2.24) is 0 Å². The predicted molar refractivity (Wildman–Crippen MR) is 114 cm³/mol. The van der Waals surface area contributed by atoms with Gasteiger partial charge >= 0.3 is 0 Å². The lowest BCUT2D eigenvalue weighted by Gasteiger charge is -2.22. The first-order chi connectivity index (χ1) is 13.8. The molecule has 2 aliphatic rings. The highest BCUT2D eigenvalue weighted by Gasteiger charge is 2.24. The van der Waals surface area contributed by atoms with Crippen molar-refractivity contribution < 1.29 is 14.4 Å². The van der Waals surface area contributed by atoms with E-state index in [1.807, 2.05) is 12.1 Å². The van der Waals surface area contributed by atoms with E-state index in [9.17, 15) is 4.79 Å². The van der Waals surface area contributed by atoms with E-state index >= 15 is 0 Å². The number of thiophene rings is 1. The SMILES string of the molecule is O=C(C[NH+](Cc1cccs1)C[C@H]1CCCO1)Nc1ccc(N2CCCC2)cc1. The summed E-state index contributed by atoms with van der Waals surface area (Å²) < 4.78 is 5.81. The largest absolute Gasteiger partial charge is 0.372 e. The predicted octanol–water partition coefficient (Wildman–Crippen LogP) is 2.55. The van der Waals surface area contributed by atoms with E-state index in [1.54, 1.807) is 11.3 Å². The average Bonchev–Trinajstić information content (AvgIpc) is 3.46. The van der Waals surface area contributed by atoms with Crippen LogP contribution in [0.3, 0.4) is 0 Å². The standard InChI is InChI=1S/C22H29N3O2S/c26-22(23-18-7-9-19(10-8-18)25-11-1-2-12-25)17-24(15-20-5-3-13-27-20)16-21-6-4-14-28-21/h4,6-10,14,20H,1-3,5,11-13,15-17H2,(H,23,26)/p+1/t20-/m1/s1. The molecule has 1 amide bonds. The van der Waals surface area contributed by atoms with Crippen LogP contribution in [-0.4, -0.2) is 44.8 Å². The summed E-state index contributed by atoms with van der Waals surface area (Å²) in [4.78, 5) is 17.7. The Morgan fingerprint density at radius 3 is 2.68 bits per heavy atom. The highest BCUT2D eigenvalue weighted by Crippen LogP contribution is 2.22. The van der Waals surface area contributed by atoms with Gasteiger partial charge in [-0.3, -0.25) is 4.79 Å². The van der Waals surface area contributed by atoms with Gasteiger partial charge in [0.2, 0.25) is 0 Å². The first-order valence-corrected chi connectivity index (χ1v) is 11.3. The Bertz CT molecular complexity index is 736. The van der Waals surface area contributed by atoms with Crippen LogP contribution in [0.4, 0.5) is 11.4 Å². The zero-order valence-corrected chi connectivity index (χ0v) is 17.2. The van der Waals surface area contributed by atoms with Crippen LogP contribution < -0.4 is 15.1 Å². The van der Waals surface area contributed by atoms with Crippen LogP contribution in [0.1, 0.15) is 30.6 Å². The molecule has 1 unspecified atom stereocenters. The van der Waals surface area contributed by atoms with Gasteiger partial charge < -0.3 is 19.9 Å². The quantitative estimate of drug-likeness (QED) is 0.716. The fourth-order valence-electron chi connectivity index (χ4n) is 4.16. The maximum Gasteiger partial charge on any atom is 0.279 e. The van der Waals surface area contributed by atoms with Gasteiger partial charge in [-0.2, -0.15) is 0 Å². The molecule has 28 heavy (non-hydrogen) atoms. The van der Waals surface area contributed by atoms with Gasteiger partial charge in [-0.25, -0.2) is 0 Å². The molecule has 6 heteroatoms. The second-order valence-corrected chi connectivity index (χ2v) is 8.84. The van der Waals surface area contributed by atoms with E-state index in [4.69, 9.17) is 4.74 Å². The third-order valence-electron chi connectivity index (χ3n) is 5.58. The molecule has 0 spiro atoms. The van der Waals surface area contributed by atoms with Crippen molar-refractivity contribution in [3.8, 4) is 0 Å². The normalized spacial score (nSPS) is 20.4. The van der Waals surface area contributed by atoms with E-state index in [-0.39, 0.29) is 12.0 Å². The van der Waals surface area contributed by atoms with E-state index < -0.39 is 0 Å². The maximum absolute atomic E-state index is 12.7. The number of nitrogens with zero attached hydrogens (tertiary/aromatic N) is 1. The molecule has 2 saturated heterocycles. The molecular weight excluding hydrogens is 370 g/mol. The number of rotatable bonds is 8. The number of carbonyl (C=O) groups is 1. The van der Waals surface area contributed by atoms with E-state index in [1.165, 1.54) is 28.3 Å². The summed E-state index contributed by atoms with van der Waals surface area (Å²) in [6.07, 6.45) is 5.06. The Hall–Kier alpha value is -1.89. The molecule has 0 saturated carbocycles. The van der Waals surface area contributed by atoms with Crippen LogP contribution in [0.15, 0.2) is 41.8 Å². The molecule has 2 aliphatic heterocycles. The lowest BCUT2D eigenvalue weighted by atomic mass is 10.2. The molecule has 2 fully saturated rings. The highest BCUT2D eigenvalue weighted by atomic mass is 32.1. The Balaban J connectivity index is 1.33. The van der Waals surface area contributed by atoms with Crippen molar-refractivity contribution in [3.63, 3.8) is 0 Å². The highest BCUT2D eigenvalue weighted by molar-refractivity contribution is 7.09. The molecule has 5 nitrogen and oxygen atoms in total. The van der Waals surface area contributed by atoms with E-state index in [0.717, 1.165) is 51.3 Å². The number of hydrogen-bond donors (Lipinski definition) is 2. The molecule has 0 bridgehead atoms. The van der Waals surface area contributed by atoms with Gasteiger partial charge in [0.1, 0.15) is 19.2 Å². The average molecular weight is 401 g/mol. The maximum atomic E-state index is 12.7. The lowest BCUT2D eigenvalue weighted by molar-refractivity contribution is -0.908. The molecule has 150 valence electrons. The number of ether oxygens (including phenoxy) is 1. The topological polar surface area (TPSA) is 46.0 Å². The summed E-state index contributed by atoms with van der Waals surface area (Å²) in [5.41, 5.74) is 2.12. The molecule has 3 heterocycles. The Morgan fingerprint density at radius 2 is 2.00 bits per heavy atom. The lowest BCUT2D eigenvalue weighted by Crippen LogP contribution is -3.12. The van der Waals surface area contributed by atoms with Crippen molar-refractivity contribution >= 4 is 28.6 Å². The summed E-state index contributed by atoms with van der Waals surface area (Å²) >= 11 is 1.76. The number of carbonyl (C=O) groups excluding carboxylic acids is 1. The van der Waals surface area contributed by atoms with Crippen molar-refractivity contribution in [2.45, 2.75) is 38.3 Å². The monoisotopic (exact) mass is 400 g/mol. The van der Waals surface area contributed by atoms with Crippen LogP contribution in [0.25, 0.3) is 0 Å². The number of hydrogen-bond acceptors (Lipinski definition) is 4. The van der Waals surface area contributed by atoms with Crippen LogP contribution >= 0.6 is 11.3 Å². The van der Waals surface area contributed by atoms with Crippen LogP contribution in [0.5, 0.6) is 0 Å². The summed E-state index contributed by atoms with van der Waals surface area (Å²) in [6.45, 7) is 5.35. The van der Waals surface area contributed by atoms with Crippen molar-refractivity contribution in [3.05, 3.63) is 46.7 Å². The molecule has 1 aromatic carbocycles. The number of nitrogens with one attached hydrogen (secondary N) is 2. The van der Waals surface area contributed by atoms with Gasteiger partial charge in [0.05, 0.1) is 4.88 Å². The number of quaternary nitrogens is 1.